The maximum atomic E-state index is 12.9. The normalized spacial score (nSPS) is 17.2. The van der Waals surface area contributed by atoms with Gasteiger partial charge in [-0.2, -0.15) is 5.10 Å². The van der Waals surface area contributed by atoms with E-state index in [-0.39, 0.29) is 30.6 Å². The van der Waals surface area contributed by atoms with Crippen molar-refractivity contribution < 1.29 is 14.0 Å². The molecule has 1 aliphatic rings. The summed E-state index contributed by atoms with van der Waals surface area (Å²) in [4.78, 5) is 26.3. The van der Waals surface area contributed by atoms with Gasteiger partial charge in [-0.3, -0.25) is 19.6 Å². The van der Waals surface area contributed by atoms with Crippen molar-refractivity contribution in [2.45, 2.75) is 6.42 Å². The number of rotatable bonds is 3. The average molecular weight is 338 g/mol. The number of carbonyl (C=O) groups is 2. The molecule has 4 rings (SSSR count). The number of nitrogens with zero attached hydrogens (tertiary/aromatic N) is 2. The minimum atomic E-state index is -0.479. The molecule has 1 aromatic heterocycles. The monoisotopic (exact) mass is 338 g/mol. The Morgan fingerprint density at radius 3 is 2.76 bits per heavy atom. The van der Waals surface area contributed by atoms with Crippen LogP contribution >= 0.6 is 0 Å². The van der Waals surface area contributed by atoms with Gasteiger partial charge in [-0.15, -0.1) is 0 Å². The zero-order chi connectivity index (χ0) is 17.4. The highest BCUT2D eigenvalue weighted by Crippen LogP contribution is 2.30. The molecule has 25 heavy (non-hydrogen) atoms. The molecule has 0 radical (unpaired) electrons. The minimum absolute atomic E-state index is 0.119. The molecule has 0 unspecified atom stereocenters. The van der Waals surface area contributed by atoms with Crippen molar-refractivity contribution in [1.82, 2.24) is 10.2 Å². The molecular formula is C18H15FN4O2. The van der Waals surface area contributed by atoms with E-state index in [2.05, 4.69) is 15.5 Å². The quantitative estimate of drug-likeness (QED) is 0.771. The van der Waals surface area contributed by atoms with Crippen LogP contribution in [0.3, 0.4) is 0 Å². The number of H-pyrrole nitrogens is 1. The maximum absolute atomic E-state index is 12.9. The molecule has 2 N–H and O–H groups in total. The van der Waals surface area contributed by atoms with Gasteiger partial charge in [0.1, 0.15) is 5.82 Å². The lowest BCUT2D eigenvalue weighted by Crippen LogP contribution is -2.28. The minimum Gasteiger partial charge on any atom is -0.326 e. The van der Waals surface area contributed by atoms with Gasteiger partial charge in [-0.05, 0) is 36.4 Å². The highest BCUT2D eigenvalue weighted by Gasteiger charge is 2.36. The summed E-state index contributed by atoms with van der Waals surface area (Å²) in [6.45, 7) is 0.265. The number of hydrogen-bond acceptors (Lipinski definition) is 3. The van der Waals surface area contributed by atoms with E-state index in [1.54, 1.807) is 0 Å². The Balaban J connectivity index is 1.52. The Kier molecular flexibility index (Phi) is 3.68. The molecule has 126 valence electrons. The molecule has 3 aromatic rings. The largest absolute Gasteiger partial charge is 0.326 e. The number of anilines is 2. The molecule has 1 atom stereocenters. The number of nitrogens with one attached hydrogen (secondary N) is 2. The van der Waals surface area contributed by atoms with Crippen LogP contribution in [-0.2, 0) is 9.59 Å². The van der Waals surface area contributed by atoms with E-state index in [0.29, 0.717) is 11.5 Å². The first-order valence-electron chi connectivity index (χ1n) is 7.92. The second-order valence-corrected chi connectivity index (χ2v) is 5.99. The molecule has 0 aliphatic carbocycles. The van der Waals surface area contributed by atoms with E-state index < -0.39 is 5.92 Å². The Labute approximate surface area is 142 Å². The second-order valence-electron chi connectivity index (χ2n) is 5.99. The van der Waals surface area contributed by atoms with Crippen molar-refractivity contribution in [3.63, 3.8) is 0 Å². The number of benzene rings is 2. The van der Waals surface area contributed by atoms with Crippen molar-refractivity contribution in [1.29, 1.82) is 0 Å². The van der Waals surface area contributed by atoms with Crippen molar-refractivity contribution >= 4 is 34.2 Å². The average Bonchev–Trinajstić information content (AvgIpc) is 3.20. The fraction of sp³-hybridized carbons (Fsp3) is 0.167. The second kappa shape index (κ2) is 6.01. The third kappa shape index (κ3) is 2.84. The molecule has 2 heterocycles. The lowest BCUT2D eigenvalue weighted by atomic mass is 10.1. The summed E-state index contributed by atoms with van der Waals surface area (Å²) in [5.41, 5.74) is 1.34. The number of halogens is 1. The van der Waals surface area contributed by atoms with E-state index >= 15 is 0 Å². The molecule has 7 heteroatoms. The van der Waals surface area contributed by atoms with Gasteiger partial charge < -0.3 is 5.32 Å². The van der Waals surface area contributed by atoms with Crippen LogP contribution in [0, 0.1) is 11.7 Å². The van der Waals surface area contributed by atoms with Gasteiger partial charge in [-0.25, -0.2) is 4.39 Å². The highest BCUT2D eigenvalue weighted by atomic mass is 19.1. The molecule has 1 saturated heterocycles. The molecule has 2 amide bonds. The number of carbonyl (C=O) groups excluding carboxylic acids is 2. The van der Waals surface area contributed by atoms with Crippen LogP contribution in [0.15, 0.2) is 48.5 Å². The van der Waals surface area contributed by atoms with Gasteiger partial charge in [0.05, 0.1) is 11.4 Å². The molecule has 0 saturated carbocycles. The number of para-hydroxylation sites is 1. The van der Waals surface area contributed by atoms with Crippen LogP contribution in [0.5, 0.6) is 0 Å². The summed E-state index contributed by atoms with van der Waals surface area (Å²) < 4.78 is 12.9. The third-order valence-electron chi connectivity index (χ3n) is 4.31. The molecular weight excluding hydrogens is 323 g/mol. The summed E-state index contributed by atoms with van der Waals surface area (Å²) in [6, 6.07) is 13.1. The first-order valence-corrected chi connectivity index (χ1v) is 7.92. The fourth-order valence-corrected chi connectivity index (χ4v) is 3.02. The van der Waals surface area contributed by atoms with Crippen molar-refractivity contribution in [3.8, 4) is 0 Å². The number of fused-ring (bicyclic) bond motifs is 1. The number of amides is 2. The lowest BCUT2D eigenvalue weighted by molar-refractivity contribution is -0.122. The van der Waals surface area contributed by atoms with E-state index in [9.17, 15) is 14.0 Å². The molecule has 0 spiro atoms. The highest BCUT2D eigenvalue weighted by molar-refractivity contribution is 6.06. The predicted octanol–water partition coefficient (Wildman–Crippen LogP) is 2.69. The van der Waals surface area contributed by atoms with Crippen LogP contribution < -0.4 is 10.2 Å². The lowest BCUT2D eigenvalue weighted by Gasteiger charge is -2.14. The summed E-state index contributed by atoms with van der Waals surface area (Å²) in [5, 5.41) is 10.7. The predicted molar refractivity (Wildman–Crippen MR) is 91.6 cm³/mol. The number of aromatic nitrogens is 2. The van der Waals surface area contributed by atoms with E-state index in [4.69, 9.17) is 0 Å². The first kappa shape index (κ1) is 15.3. The zero-order valence-corrected chi connectivity index (χ0v) is 13.2. The first-order chi connectivity index (χ1) is 12.1. The molecule has 6 nitrogen and oxygen atoms in total. The Morgan fingerprint density at radius 2 is 1.96 bits per heavy atom. The Bertz CT molecular complexity index is 951. The summed E-state index contributed by atoms with van der Waals surface area (Å²) in [5.74, 6) is -0.713. The summed E-state index contributed by atoms with van der Waals surface area (Å²) in [6.07, 6.45) is 0.119. The molecule has 2 aromatic carbocycles. The summed E-state index contributed by atoms with van der Waals surface area (Å²) >= 11 is 0. The van der Waals surface area contributed by atoms with Crippen molar-refractivity contribution in [2.75, 3.05) is 16.8 Å². The van der Waals surface area contributed by atoms with Gasteiger partial charge in [-0.1, -0.05) is 12.1 Å². The standard InChI is InChI=1S/C18H15FN4O2/c19-12-5-7-13(8-6-12)20-18(25)11-9-16(24)23(10-11)17-14-3-1-2-4-15(14)21-22-17/h1-8,11H,9-10H2,(H,20,25)(H,21,22)/t11-/m0/s1. The maximum Gasteiger partial charge on any atom is 0.229 e. The van der Waals surface area contributed by atoms with Gasteiger partial charge in [0.15, 0.2) is 5.82 Å². The molecule has 0 bridgehead atoms. The third-order valence-corrected chi connectivity index (χ3v) is 4.31. The van der Waals surface area contributed by atoms with E-state index in [0.717, 1.165) is 10.9 Å². The van der Waals surface area contributed by atoms with Crippen LogP contribution in [0.2, 0.25) is 0 Å². The van der Waals surface area contributed by atoms with Crippen LogP contribution in [0.1, 0.15) is 6.42 Å². The van der Waals surface area contributed by atoms with E-state index in [1.807, 2.05) is 24.3 Å². The summed E-state index contributed by atoms with van der Waals surface area (Å²) in [7, 11) is 0. The van der Waals surface area contributed by atoms with Gasteiger partial charge in [0.25, 0.3) is 0 Å². The molecule has 1 aliphatic heterocycles. The van der Waals surface area contributed by atoms with Gasteiger partial charge in [0, 0.05) is 24.0 Å². The Morgan fingerprint density at radius 1 is 1.20 bits per heavy atom. The Hall–Kier alpha value is -3.22. The number of hydrogen-bond donors (Lipinski definition) is 2. The zero-order valence-electron chi connectivity index (χ0n) is 13.2. The SMILES string of the molecule is O=C(Nc1ccc(F)cc1)[C@H]1CC(=O)N(c2n[nH]c3ccccc23)C1. The molecule has 1 fully saturated rings. The van der Waals surface area contributed by atoms with Crippen molar-refractivity contribution in [3.05, 3.63) is 54.3 Å². The van der Waals surface area contributed by atoms with Crippen molar-refractivity contribution in [2.24, 2.45) is 5.92 Å². The smallest absolute Gasteiger partial charge is 0.229 e. The number of aromatic amines is 1. The topological polar surface area (TPSA) is 78.1 Å². The van der Waals surface area contributed by atoms with Crippen LogP contribution in [0.25, 0.3) is 10.9 Å². The van der Waals surface area contributed by atoms with Gasteiger partial charge >= 0.3 is 0 Å². The van der Waals surface area contributed by atoms with E-state index in [1.165, 1.54) is 29.2 Å². The fourth-order valence-electron chi connectivity index (χ4n) is 3.02. The van der Waals surface area contributed by atoms with Crippen LogP contribution in [0.4, 0.5) is 15.9 Å². The van der Waals surface area contributed by atoms with Crippen LogP contribution in [-0.4, -0.2) is 28.6 Å². The van der Waals surface area contributed by atoms with Gasteiger partial charge in [0.2, 0.25) is 11.8 Å².